The lowest BCUT2D eigenvalue weighted by Crippen LogP contribution is -2.49. The number of rotatable bonds is 9. The quantitative estimate of drug-likeness (QED) is 0.188. The number of hydrogen-bond acceptors (Lipinski definition) is 9. The molecule has 4 fully saturated rings. The highest BCUT2D eigenvalue weighted by atomic mass is 35.5. The van der Waals surface area contributed by atoms with Crippen LogP contribution < -0.4 is 14.9 Å². The Balaban J connectivity index is 0.975. The number of fused-ring (bicyclic) bond motifs is 3. The van der Waals surface area contributed by atoms with Gasteiger partial charge in [-0.15, -0.1) is 0 Å². The zero-order valence-corrected chi connectivity index (χ0v) is 29.2. The molecule has 15 heteroatoms. The molecule has 4 aliphatic rings. The highest BCUT2D eigenvalue weighted by molar-refractivity contribution is 7.87. The van der Waals surface area contributed by atoms with Crippen molar-refractivity contribution in [3.05, 3.63) is 63.1 Å². The number of carbonyl (C=O) groups excluding carboxylic acids is 1. The summed E-state index contributed by atoms with van der Waals surface area (Å²) in [6.07, 6.45) is 8.40. The van der Waals surface area contributed by atoms with Gasteiger partial charge >= 0.3 is 10.2 Å². The topological polar surface area (TPSA) is 121 Å². The lowest BCUT2D eigenvalue weighted by atomic mass is 9.97. The number of thiazole rings is 1. The second-order valence-electron chi connectivity index (χ2n) is 13.3. The van der Waals surface area contributed by atoms with Gasteiger partial charge in [-0.25, -0.2) is 14.1 Å². The van der Waals surface area contributed by atoms with E-state index < -0.39 is 21.9 Å². The van der Waals surface area contributed by atoms with Crippen LogP contribution in [0.25, 0.3) is 21.5 Å². The SMILES string of the molecule is O=C(NS(=O)(=O)N1CCCCC1)c1cc(F)c2nc(N3C4CCC3CC(NCc3c(-c5c(Cl)cccc5Cl)noc3C3CC3)C4)sc2c1. The average molecular weight is 734 g/mol. The molecule has 254 valence electrons. The smallest absolute Gasteiger partial charge is 0.304 e. The lowest BCUT2D eigenvalue weighted by molar-refractivity contribution is 0.0978. The monoisotopic (exact) mass is 732 g/mol. The second-order valence-corrected chi connectivity index (χ2v) is 16.8. The number of anilines is 1. The van der Waals surface area contributed by atoms with Gasteiger partial charge in [0.25, 0.3) is 5.91 Å². The van der Waals surface area contributed by atoms with E-state index in [4.69, 9.17) is 27.7 Å². The summed E-state index contributed by atoms with van der Waals surface area (Å²) >= 11 is 14.5. The van der Waals surface area contributed by atoms with Gasteiger partial charge in [0.2, 0.25) is 0 Å². The third kappa shape index (κ3) is 6.11. The maximum absolute atomic E-state index is 15.3. The fourth-order valence-electron chi connectivity index (χ4n) is 7.55. The van der Waals surface area contributed by atoms with Crippen molar-refractivity contribution in [3.63, 3.8) is 0 Å². The Bertz CT molecular complexity index is 1960. The fraction of sp³-hybridized carbons (Fsp3) is 0.485. The summed E-state index contributed by atoms with van der Waals surface area (Å²) in [5.74, 6) is -0.218. The number of aromatic nitrogens is 2. The number of benzene rings is 2. The van der Waals surface area contributed by atoms with Crippen molar-refractivity contribution in [2.24, 2.45) is 0 Å². The summed E-state index contributed by atoms with van der Waals surface area (Å²) in [6.45, 7) is 1.31. The van der Waals surface area contributed by atoms with Gasteiger partial charge in [0, 0.05) is 60.4 Å². The molecule has 4 aromatic rings. The van der Waals surface area contributed by atoms with E-state index in [1.54, 1.807) is 0 Å². The lowest BCUT2D eigenvalue weighted by Gasteiger charge is -2.39. The number of piperidine rings is 2. The second kappa shape index (κ2) is 12.8. The van der Waals surface area contributed by atoms with Crippen molar-refractivity contribution in [1.82, 2.24) is 24.5 Å². The minimum Gasteiger partial charge on any atom is -0.360 e. The molecular weight excluding hydrogens is 698 g/mol. The Morgan fingerprint density at radius 2 is 1.75 bits per heavy atom. The van der Waals surface area contributed by atoms with E-state index in [-0.39, 0.29) is 29.2 Å². The molecule has 2 bridgehead atoms. The Morgan fingerprint density at radius 1 is 1.04 bits per heavy atom. The summed E-state index contributed by atoms with van der Waals surface area (Å²) in [5.41, 5.74) is 2.53. The first-order chi connectivity index (χ1) is 23.2. The molecule has 2 aromatic heterocycles. The number of halogens is 3. The summed E-state index contributed by atoms with van der Waals surface area (Å²) in [4.78, 5) is 20.0. The van der Waals surface area contributed by atoms with Crippen LogP contribution in [0.1, 0.15) is 85.4 Å². The van der Waals surface area contributed by atoms with E-state index in [2.05, 4.69) is 25.1 Å². The molecule has 1 saturated carbocycles. The van der Waals surface area contributed by atoms with Crippen molar-refractivity contribution >= 4 is 66.0 Å². The summed E-state index contributed by atoms with van der Waals surface area (Å²) in [7, 11) is -4.00. The van der Waals surface area contributed by atoms with Crippen molar-refractivity contribution in [2.75, 3.05) is 18.0 Å². The first-order valence-electron chi connectivity index (χ1n) is 16.5. The number of amides is 1. The van der Waals surface area contributed by atoms with Crippen molar-refractivity contribution < 1.29 is 22.1 Å². The molecule has 3 saturated heterocycles. The third-order valence-corrected chi connectivity index (χ3v) is 13.2. The molecule has 3 aliphatic heterocycles. The molecule has 1 aliphatic carbocycles. The molecule has 5 heterocycles. The van der Waals surface area contributed by atoms with E-state index in [1.165, 1.54) is 21.7 Å². The Kier molecular flexibility index (Phi) is 8.65. The van der Waals surface area contributed by atoms with Gasteiger partial charge in [-0.1, -0.05) is 52.2 Å². The maximum Gasteiger partial charge on any atom is 0.304 e. The normalized spacial score (nSPS) is 23.2. The van der Waals surface area contributed by atoms with Crippen LogP contribution in [0.3, 0.4) is 0 Å². The summed E-state index contributed by atoms with van der Waals surface area (Å²) in [6, 6.07) is 8.75. The van der Waals surface area contributed by atoms with Gasteiger partial charge in [-0.3, -0.25) is 4.79 Å². The van der Waals surface area contributed by atoms with E-state index in [0.29, 0.717) is 51.6 Å². The van der Waals surface area contributed by atoms with Crippen LogP contribution in [0.2, 0.25) is 10.0 Å². The first-order valence-corrected chi connectivity index (χ1v) is 19.5. The van der Waals surface area contributed by atoms with Crippen LogP contribution in [0.5, 0.6) is 0 Å². The van der Waals surface area contributed by atoms with E-state index in [1.807, 2.05) is 18.2 Å². The molecule has 0 radical (unpaired) electrons. The molecule has 8 rings (SSSR count). The molecule has 1 amide bonds. The number of carbonyl (C=O) groups is 1. The zero-order chi connectivity index (χ0) is 33.2. The van der Waals surface area contributed by atoms with Gasteiger partial charge in [0.15, 0.2) is 10.9 Å². The summed E-state index contributed by atoms with van der Waals surface area (Å²) < 4.78 is 50.6. The van der Waals surface area contributed by atoms with Crippen LogP contribution in [0.15, 0.2) is 34.9 Å². The number of nitrogens with one attached hydrogen (secondary N) is 2. The zero-order valence-electron chi connectivity index (χ0n) is 26.1. The van der Waals surface area contributed by atoms with E-state index in [9.17, 15) is 13.2 Å². The van der Waals surface area contributed by atoms with Gasteiger partial charge < -0.3 is 14.7 Å². The predicted octanol–water partition coefficient (Wildman–Crippen LogP) is 7.02. The predicted molar refractivity (Wildman–Crippen MR) is 184 cm³/mol. The van der Waals surface area contributed by atoms with E-state index >= 15 is 4.39 Å². The van der Waals surface area contributed by atoms with Crippen molar-refractivity contribution in [2.45, 2.75) is 88.4 Å². The van der Waals surface area contributed by atoms with Crippen molar-refractivity contribution in [1.29, 1.82) is 0 Å². The first kappa shape index (κ1) is 32.4. The molecule has 48 heavy (non-hydrogen) atoms. The largest absolute Gasteiger partial charge is 0.360 e. The minimum absolute atomic E-state index is 0.0431. The molecule has 10 nitrogen and oxygen atoms in total. The van der Waals surface area contributed by atoms with Gasteiger partial charge in [0.05, 0.1) is 14.7 Å². The van der Waals surface area contributed by atoms with E-state index in [0.717, 1.165) is 80.3 Å². The molecular formula is C33H35Cl2FN6O4S2. The van der Waals surface area contributed by atoms with Gasteiger partial charge in [-0.2, -0.15) is 12.7 Å². The van der Waals surface area contributed by atoms with Crippen LogP contribution >= 0.6 is 34.5 Å². The van der Waals surface area contributed by atoms with Gasteiger partial charge in [-0.05, 0) is 75.6 Å². The number of nitrogens with zero attached hydrogens (tertiary/aromatic N) is 4. The third-order valence-electron chi connectivity index (χ3n) is 10.1. The molecule has 2 unspecified atom stereocenters. The maximum atomic E-state index is 15.3. The van der Waals surface area contributed by atoms with Crippen LogP contribution in [0.4, 0.5) is 9.52 Å². The molecule has 2 atom stereocenters. The Labute approximate surface area is 292 Å². The fourth-order valence-corrected chi connectivity index (χ4v) is 10.5. The minimum atomic E-state index is -4.00. The number of hydrogen-bond donors (Lipinski definition) is 2. The van der Waals surface area contributed by atoms with Crippen LogP contribution in [-0.2, 0) is 16.8 Å². The Hall–Kier alpha value is -2.81. The van der Waals surface area contributed by atoms with Gasteiger partial charge in [0.1, 0.15) is 17.0 Å². The summed E-state index contributed by atoms with van der Waals surface area (Å²) in [5, 5.41) is 10.00. The molecule has 2 N–H and O–H groups in total. The van der Waals surface area contributed by atoms with Crippen molar-refractivity contribution in [3.8, 4) is 11.3 Å². The highest BCUT2D eigenvalue weighted by Crippen LogP contribution is 2.47. The van der Waals surface area contributed by atoms with Crippen LogP contribution in [0, 0.1) is 5.82 Å². The van der Waals surface area contributed by atoms with Crippen LogP contribution in [-0.4, -0.2) is 60.0 Å². The molecule has 0 spiro atoms. The Morgan fingerprint density at radius 3 is 2.44 bits per heavy atom. The molecule has 2 aromatic carbocycles. The average Bonchev–Trinajstić information content (AvgIpc) is 3.58. The highest BCUT2D eigenvalue weighted by Gasteiger charge is 2.43. The standard InChI is InChI=1S/C33H35Cl2FN6O4S2/c34-24-5-4-6-25(35)28(24)29-23(31(46-39-29)18-7-8-18)17-37-20-15-21-9-10-22(16-20)42(21)33-38-30-26(36)13-19(14-27(30)47-33)32(43)40-48(44,45)41-11-2-1-3-12-41/h4-6,13-14,18,20-22,37H,1-3,7-12,15-17H2,(H,40,43).